The molecule has 0 bridgehead atoms. The predicted octanol–water partition coefficient (Wildman–Crippen LogP) is 4.39. The van der Waals surface area contributed by atoms with Gasteiger partial charge in [0.2, 0.25) is 0 Å². The molecular formula is C20H22O4. The van der Waals surface area contributed by atoms with E-state index in [1.54, 1.807) is 31.4 Å². The topological polar surface area (TPSA) is 44.8 Å². The lowest BCUT2D eigenvalue weighted by atomic mass is 10.1. The molecule has 0 saturated heterocycles. The van der Waals surface area contributed by atoms with E-state index in [4.69, 9.17) is 14.2 Å². The predicted molar refractivity (Wildman–Crippen MR) is 95.1 cm³/mol. The third kappa shape index (κ3) is 4.62. The highest BCUT2D eigenvalue weighted by atomic mass is 16.5. The summed E-state index contributed by atoms with van der Waals surface area (Å²) in [6.07, 6.45) is 3.43. The zero-order chi connectivity index (χ0) is 17.5. The summed E-state index contributed by atoms with van der Waals surface area (Å²) in [5, 5.41) is 0. The summed E-state index contributed by atoms with van der Waals surface area (Å²) in [6, 6.07) is 12.7. The van der Waals surface area contributed by atoms with Crippen LogP contribution in [0.5, 0.6) is 17.2 Å². The Bertz CT molecular complexity index is 715. The van der Waals surface area contributed by atoms with E-state index < -0.39 is 0 Å². The van der Waals surface area contributed by atoms with Gasteiger partial charge in [0.05, 0.1) is 25.9 Å². The quantitative estimate of drug-likeness (QED) is 0.559. The van der Waals surface area contributed by atoms with Gasteiger partial charge < -0.3 is 14.2 Å². The maximum Gasteiger partial charge on any atom is 0.189 e. The number of hydrogen-bond acceptors (Lipinski definition) is 4. The first-order valence-electron chi connectivity index (χ1n) is 7.74. The molecule has 0 spiro atoms. The van der Waals surface area contributed by atoms with Crippen LogP contribution in [0.1, 0.15) is 29.8 Å². The average Bonchev–Trinajstić information content (AvgIpc) is 2.59. The summed E-state index contributed by atoms with van der Waals surface area (Å²) in [4.78, 5) is 12.4. The third-order valence-electron chi connectivity index (χ3n) is 3.35. The Morgan fingerprint density at radius 3 is 2.21 bits per heavy atom. The van der Waals surface area contributed by atoms with Crippen LogP contribution in [0.25, 0.3) is 6.08 Å². The van der Waals surface area contributed by atoms with Gasteiger partial charge >= 0.3 is 0 Å². The Morgan fingerprint density at radius 1 is 0.958 bits per heavy atom. The van der Waals surface area contributed by atoms with Gasteiger partial charge in [0, 0.05) is 6.07 Å². The highest BCUT2D eigenvalue weighted by Crippen LogP contribution is 2.25. The summed E-state index contributed by atoms with van der Waals surface area (Å²) in [5.41, 5.74) is 1.42. The lowest BCUT2D eigenvalue weighted by Crippen LogP contribution is -2.05. The van der Waals surface area contributed by atoms with Gasteiger partial charge in [-0.2, -0.15) is 0 Å². The van der Waals surface area contributed by atoms with Gasteiger partial charge in [-0.25, -0.2) is 0 Å². The lowest BCUT2D eigenvalue weighted by molar-refractivity contribution is 0.104. The van der Waals surface area contributed by atoms with Crippen molar-refractivity contribution in [1.29, 1.82) is 0 Å². The molecule has 0 aromatic heterocycles. The zero-order valence-electron chi connectivity index (χ0n) is 14.4. The first-order valence-corrected chi connectivity index (χ1v) is 7.74. The average molecular weight is 326 g/mol. The van der Waals surface area contributed by atoms with Gasteiger partial charge in [0.15, 0.2) is 5.78 Å². The number of ether oxygens (including phenoxy) is 3. The summed E-state index contributed by atoms with van der Waals surface area (Å²) >= 11 is 0. The molecule has 0 aliphatic carbocycles. The molecule has 24 heavy (non-hydrogen) atoms. The second-order valence-corrected chi connectivity index (χ2v) is 5.50. The Kier molecular flexibility index (Phi) is 6.01. The van der Waals surface area contributed by atoms with E-state index in [0.29, 0.717) is 17.1 Å². The van der Waals surface area contributed by atoms with E-state index in [-0.39, 0.29) is 11.9 Å². The molecule has 0 atom stereocenters. The monoisotopic (exact) mass is 326 g/mol. The smallest absolute Gasteiger partial charge is 0.189 e. The first-order chi connectivity index (χ1) is 11.5. The van der Waals surface area contributed by atoms with Gasteiger partial charge in [-0.15, -0.1) is 0 Å². The summed E-state index contributed by atoms with van der Waals surface area (Å²) in [7, 11) is 3.10. The van der Waals surface area contributed by atoms with E-state index in [1.807, 2.05) is 38.1 Å². The number of methoxy groups -OCH3 is 2. The summed E-state index contributed by atoms with van der Waals surface area (Å²) in [6.45, 7) is 3.96. The summed E-state index contributed by atoms with van der Waals surface area (Å²) in [5.74, 6) is 1.82. The van der Waals surface area contributed by atoms with Crippen molar-refractivity contribution < 1.29 is 19.0 Å². The Hall–Kier alpha value is -2.75. The minimum Gasteiger partial charge on any atom is -0.497 e. The second-order valence-electron chi connectivity index (χ2n) is 5.50. The van der Waals surface area contributed by atoms with Gasteiger partial charge in [0.25, 0.3) is 0 Å². The van der Waals surface area contributed by atoms with Crippen LogP contribution < -0.4 is 14.2 Å². The van der Waals surface area contributed by atoms with Crippen LogP contribution in [0.15, 0.2) is 48.5 Å². The molecule has 126 valence electrons. The fourth-order valence-corrected chi connectivity index (χ4v) is 2.19. The minimum atomic E-state index is -0.128. The first kappa shape index (κ1) is 17.6. The molecule has 0 unspecified atom stereocenters. The van der Waals surface area contributed by atoms with Gasteiger partial charge in [-0.1, -0.05) is 18.2 Å². The van der Waals surface area contributed by atoms with Crippen molar-refractivity contribution in [3.8, 4) is 17.2 Å². The molecule has 0 amide bonds. The number of carbonyl (C=O) groups excluding carboxylic acids is 1. The van der Waals surface area contributed by atoms with E-state index in [0.717, 1.165) is 11.3 Å². The van der Waals surface area contributed by atoms with Crippen LogP contribution >= 0.6 is 0 Å². The molecule has 2 rings (SSSR count). The molecule has 2 aromatic rings. The molecule has 4 heteroatoms. The van der Waals surface area contributed by atoms with Crippen molar-refractivity contribution in [2.45, 2.75) is 20.0 Å². The minimum absolute atomic E-state index is 0.128. The van der Waals surface area contributed by atoms with E-state index >= 15 is 0 Å². The lowest BCUT2D eigenvalue weighted by Gasteiger charge is -2.09. The number of allylic oxidation sites excluding steroid dienone is 1. The van der Waals surface area contributed by atoms with E-state index in [2.05, 4.69) is 0 Å². The Morgan fingerprint density at radius 2 is 1.62 bits per heavy atom. The fourth-order valence-electron chi connectivity index (χ4n) is 2.19. The number of hydrogen-bond donors (Lipinski definition) is 0. The molecule has 0 aliphatic heterocycles. The SMILES string of the molecule is COc1ccc(C(=O)/C=C/c2ccc(OC(C)C)cc2)c(OC)c1. The normalized spacial score (nSPS) is 10.9. The summed E-state index contributed by atoms with van der Waals surface area (Å²) < 4.78 is 16.0. The molecule has 0 radical (unpaired) electrons. The molecule has 0 heterocycles. The van der Waals surface area contributed by atoms with Crippen LogP contribution in [0, 0.1) is 0 Å². The van der Waals surface area contributed by atoms with Crippen LogP contribution in [-0.4, -0.2) is 26.1 Å². The van der Waals surface area contributed by atoms with Crippen molar-refractivity contribution in [2.75, 3.05) is 14.2 Å². The number of ketones is 1. The standard InChI is InChI=1S/C20H22O4/c1-14(2)24-16-8-5-15(6-9-16)7-12-19(21)18-11-10-17(22-3)13-20(18)23-4/h5-14H,1-4H3/b12-7+. The maximum atomic E-state index is 12.4. The molecule has 0 saturated carbocycles. The van der Waals surface area contributed by atoms with Crippen molar-refractivity contribution in [1.82, 2.24) is 0 Å². The molecule has 0 N–H and O–H groups in total. The maximum absolute atomic E-state index is 12.4. The van der Waals surface area contributed by atoms with Gasteiger partial charge in [-0.3, -0.25) is 4.79 Å². The molecular weight excluding hydrogens is 304 g/mol. The Labute approximate surface area is 142 Å². The van der Waals surface area contributed by atoms with Crippen LogP contribution in [0.2, 0.25) is 0 Å². The van der Waals surface area contributed by atoms with Crippen molar-refractivity contribution >= 4 is 11.9 Å². The molecule has 0 fully saturated rings. The third-order valence-corrected chi connectivity index (χ3v) is 3.35. The molecule has 2 aromatic carbocycles. The van der Waals surface area contributed by atoms with E-state index in [9.17, 15) is 4.79 Å². The number of benzene rings is 2. The van der Waals surface area contributed by atoms with Crippen molar-refractivity contribution in [3.63, 3.8) is 0 Å². The second kappa shape index (κ2) is 8.20. The molecule has 4 nitrogen and oxygen atoms in total. The molecule has 0 aliphatic rings. The largest absolute Gasteiger partial charge is 0.497 e. The fraction of sp³-hybridized carbons (Fsp3) is 0.250. The van der Waals surface area contributed by atoms with Gasteiger partial charge in [0.1, 0.15) is 17.2 Å². The zero-order valence-corrected chi connectivity index (χ0v) is 14.4. The highest BCUT2D eigenvalue weighted by Gasteiger charge is 2.10. The number of carbonyl (C=O) groups is 1. The van der Waals surface area contributed by atoms with Crippen molar-refractivity contribution in [2.24, 2.45) is 0 Å². The highest BCUT2D eigenvalue weighted by molar-refractivity contribution is 6.08. The van der Waals surface area contributed by atoms with Crippen molar-refractivity contribution in [3.05, 3.63) is 59.7 Å². The Balaban J connectivity index is 2.12. The van der Waals surface area contributed by atoms with Crippen LogP contribution in [0.3, 0.4) is 0 Å². The van der Waals surface area contributed by atoms with Crippen LogP contribution in [0.4, 0.5) is 0 Å². The van der Waals surface area contributed by atoms with Gasteiger partial charge in [-0.05, 0) is 49.8 Å². The number of rotatable bonds is 7. The van der Waals surface area contributed by atoms with E-state index in [1.165, 1.54) is 13.2 Å². The van der Waals surface area contributed by atoms with Crippen LogP contribution in [-0.2, 0) is 0 Å².